The predicted molar refractivity (Wildman–Crippen MR) is 167 cm³/mol. The molecule has 4 fully saturated rings. The predicted octanol–water partition coefficient (Wildman–Crippen LogP) is 2.41. The maximum Gasteiger partial charge on any atom is 0.187 e. The average Bonchev–Trinajstić information content (AvgIpc) is 3.21. The van der Waals surface area contributed by atoms with E-state index < -0.39 is 65.3 Å². The van der Waals surface area contributed by atoms with Gasteiger partial charge in [-0.2, -0.15) is 0 Å². The number of ether oxygens (including phenoxy) is 4. The maximum atomic E-state index is 12.7. The molecule has 4 unspecified atom stereocenters. The first-order chi connectivity index (χ1) is 21.2. The first kappa shape index (κ1) is 35.6. The van der Waals surface area contributed by atoms with Gasteiger partial charge in [-0.3, -0.25) is 0 Å². The van der Waals surface area contributed by atoms with Crippen molar-refractivity contribution in [2.75, 3.05) is 27.4 Å². The van der Waals surface area contributed by atoms with Crippen LogP contribution in [0, 0.1) is 46.3 Å². The summed E-state index contributed by atoms with van der Waals surface area (Å²) in [4.78, 5) is 0. The van der Waals surface area contributed by atoms with Gasteiger partial charge < -0.3 is 49.6 Å². The molecule has 0 aromatic rings. The lowest BCUT2D eigenvalue weighted by Crippen LogP contribution is -2.66. The largest absolute Gasteiger partial charge is 0.396 e. The van der Waals surface area contributed by atoms with Gasteiger partial charge in [-0.15, -0.1) is 0 Å². The SMILES string of the molecule is CO[C@@H]1[C@@H](OC)[C@H](O[C@@H]2C=C3[C@H](O)C[C@]4(O)C(CC[C@@]5(C)C4[C@@H](O)[C@H](O)[C@@H]5[C@H](C)CCC(C)C(C)CO)[C@@]3(C)CC2)OC[C@H]1O. The maximum absolute atomic E-state index is 12.7. The van der Waals surface area contributed by atoms with Crippen LogP contribution in [0.15, 0.2) is 11.6 Å². The highest BCUT2D eigenvalue weighted by Crippen LogP contribution is 2.69. The molecule has 0 amide bonds. The normalized spacial score (nSPS) is 50.2. The van der Waals surface area contributed by atoms with E-state index in [0.29, 0.717) is 18.8 Å². The number of aliphatic hydroxyl groups is 6. The lowest BCUT2D eigenvalue weighted by atomic mass is 9.43. The molecular weight excluding hydrogens is 580 g/mol. The fourth-order valence-electron chi connectivity index (χ4n) is 10.8. The summed E-state index contributed by atoms with van der Waals surface area (Å²) in [5, 5.41) is 67.5. The molecule has 260 valence electrons. The standard InChI is InChI=1S/C35H60O10/c1-18(20(3)16-36)8-9-19(2)26-27(39)28(40)31-34(26,5)13-11-25-33(4)12-10-21(14-22(33)23(37)15-35(25,31)41)45-32-30(43-7)29(42-6)24(38)17-44-32/h14,18-21,23-32,36-41H,8-13,15-17H2,1-7H3/t18?,19-,20?,21+,23-,24-,25?,26+,27-,28+,29+,30-,31?,32+,33+,34-,35+/m1/s1. The number of fused-ring (bicyclic) bond motifs is 5. The fraction of sp³-hybridized carbons (Fsp3) is 0.943. The van der Waals surface area contributed by atoms with Gasteiger partial charge in [0.2, 0.25) is 0 Å². The highest BCUT2D eigenvalue weighted by atomic mass is 16.7. The van der Waals surface area contributed by atoms with Gasteiger partial charge in [0.15, 0.2) is 6.29 Å². The summed E-state index contributed by atoms with van der Waals surface area (Å²) >= 11 is 0. The second-order valence-corrected chi connectivity index (χ2v) is 15.9. The Balaban J connectivity index is 1.36. The molecule has 0 aromatic carbocycles. The topological polar surface area (TPSA) is 158 Å². The van der Waals surface area contributed by atoms with Gasteiger partial charge in [-0.25, -0.2) is 0 Å². The number of aliphatic hydroxyl groups excluding tert-OH is 5. The zero-order valence-electron chi connectivity index (χ0n) is 28.3. The van der Waals surface area contributed by atoms with E-state index >= 15 is 0 Å². The molecule has 0 radical (unpaired) electrons. The third kappa shape index (κ3) is 5.87. The Kier molecular flexibility index (Phi) is 10.6. The van der Waals surface area contributed by atoms with Crippen LogP contribution in [0.4, 0.5) is 0 Å². The van der Waals surface area contributed by atoms with Crippen LogP contribution in [0.25, 0.3) is 0 Å². The van der Waals surface area contributed by atoms with Crippen LogP contribution >= 0.6 is 0 Å². The summed E-state index contributed by atoms with van der Waals surface area (Å²) < 4.78 is 23.2. The molecule has 5 aliphatic rings. The Morgan fingerprint density at radius 1 is 0.933 bits per heavy atom. The van der Waals surface area contributed by atoms with Gasteiger partial charge in [0.05, 0.1) is 36.6 Å². The minimum absolute atomic E-state index is 0.0660. The molecule has 4 aliphatic carbocycles. The average molecular weight is 641 g/mol. The molecule has 6 N–H and O–H groups in total. The van der Waals surface area contributed by atoms with Crippen molar-refractivity contribution in [3.63, 3.8) is 0 Å². The van der Waals surface area contributed by atoms with E-state index in [1.165, 1.54) is 14.2 Å². The molecule has 3 saturated carbocycles. The Morgan fingerprint density at radius 3 is 2.27 bits per heavy atom. The van der Waals surface area contributed by atoms with Crippen LogP contribution < -0.4 is 0 Å². The Bertz CT molecular complexity index is 1060. The smallest absolute Gasteiger partial charge is 0.187 e. The van der Waals surface area contributed by atoms with Crippen LogP contribution in [0.1, 0.15) is 79.6 Å². The highest BCUT2D eigenvalue weighted by Gasteiger charge is 2.72. The van der Waals surface area contributed by atoms with Gasteiger partial charge in [0.25, 0.3) is 0 Å². The monoisotopic (exact) mass is 640 g/mol. The molecule has 0 bridgehead atoms. The van der Waals surface area contributed by atoms with Crippen molar-refractivity contribution in [3.05, 3.63) is 11.6 Å². The van der Waals surface area contributed by atoms with Gasteiger partial charge in [0.1, 0.15) is 18.3 Å². The van der Waals surface area contributed by atoms with Crippen LogP contribution in [0.5, 0.6) is 0 Å². The van der Waals surface area contributed by atoms with Gasteiger partial charge in [0, 0.05) is 33.2 Å². The van der Waals surface area contributed by atoms with Crippen molar-refractivity contribution in [3.8, 4) is 0 Å². The van der Waals surface area contributed by atoms with Gasteiger partial charge >= 0.3 is 0 Å². The van der Waals surface area contributed by atoms with E-state index in [2.05, 4.69) is 34.6 Å². The van der Waals surface area contributed by atoms with E-state index in [9.17, 15) is 30.6 Å². The molecule has 0 aromatic heterocycles. The van der Waals surface area contributed by atoms with E-state index in [1.807, 2.05) is 6.08 Å². The summed E-state index contributed by atoms with van der Waals surface area (Å²) in [5.74, 6) is -0.246. The van der Waals surface area contributed by atoms with Crippen LogP contribution in [0.2, 0.25) is 0 Å². The lowest BCUT2D eigenvalue weighted by molar-refractivity contribution is -0.289. The first-order valence-corrected chi connectivity index (χ1v) is 17.3. The molecular formula is C35H60O10. The van der Waals surface area contributed by atoms with E-state index in [-0.39, 0.29) is 49.4 Å². The minimum Gasteiger partial charge on any atom is -0.396 e. The zero-order valence-corrected chi connectivity index (χ0v) is 28.3. The van der Waals surface area contributed by atoms with E-state index in [1.54, 1.807) is 0 Å². The lowest BCUT2D eigenvalue weighted by Gasteiger charge is -2.64. The van der Waals surface area contributed by atoms with Crippen LogP contribution in [0.3, 0.4) is 0 Å². The Morgan fingerprint density at radius 2 is 1.62 bits per heavy atom. The third-order valence-electron chi connectivity index (χ3n) is 13.5. The van der Waals surface area contributed by atoms with Crippen LogP contribution in [-0.4, -0.2) is 113 Å². The van der Waals surface area contributed by atoms with Crippen molar-refractivity contribution < 1.29 is 49.6 Å². The number of hydrogen-bond acceptors (Lipinski definition) is 10. The minimum atomic E-state index is -1.34. The number of hydrogen-bond donors (Lipinski definition) is 6. The Hall–Kier alpha value is -0.660. The Labute approximate surface area is 269 Å². The van der Waals surface area contributed by atoms with Crippen molar-refractivity contribution in [2.24, 2.45) is 46.3 Å². The van der Waals surface area contributed by atoms with Crippen molar-refractivity contribution in [1.82, 2.24) is 0 Å². The van der Waals surface area contributed by atoms with Crippen LogP contribution in [-0.2, 0) is 18.9 Å². The summed E-state index contributed by atoms with van der Waals surface area (Å²) in [7, 11) is 3.06. The second-order valence-electron chi connectivity index (χ2n) is 15.9. The molecule has 5 rings (SSSR count). The highest BCUT2D eigenvalue weighted by molar-refractivity contribution is 5.33. The first-order valence-electron chi connectivity index (χ1n) is 17.3. The van der Waals surface area contributed by atoms with Crippen molar-refractivity contribution in [1.29, 1.82) is 0 Å². The number of methoxy groups -OCH3 is 2. The van der Waals surface area contributed by atoms with E-state index in [0.717, 1.165) is 31.3 Å². The molecule has 10 nitrogen and oxygen atoms in total. The molecule has 1 saturated heterocycles. The van der Waals surface area contributed by atoms with Gasteiger partial charge in [-0.1, -0.05) is 53.5 Å². The summed E-state index contributed by atoms with van der Waals surface area (Å²) in [6.45, 7) is 10.8. The molecule has 1 aliphatic heterocycles. The molecule has 1 heterocycles. The quantitative estimate of drug-likeness (QED) is 0.196. The summed E-state index contributed by atoms with van der Waals surface area (Å²) in [5.41, 5.74) is -1.47. The molecule has 45 heavy (non-hydrogen) atoms. The van der Waals surface area contributed by atoms with Crippen molar-refractivity contribution >= 4 is 0 Å². The summed E-state index contributed by atoms with van der Waals surface area (Å²) in [6, 6.07) is 0. The number of rotatable bonds is 10. The summed E-state index contributed by atoms with van der Waals surface area (Å²) in [6.07, 6.45) is 0.645. The molecule has 17 atom stereocenters. The zero-order chi connectivity index (χ0) is 33.1. The third-order valence-corrected chi connectivity index (χ3v) is 13.5. The fourth-order valence-corrected chi connectivity index (χ4v) is 10.8. The molecule has 0 spiro atoms. The van der Waals surface area contributed by atoms with E-state index in [4.69, 9.17) is 18.9 Å². The van der Waals surface area contributed by atoms with Gasteiger partial charge in [-0.05, 0) is 71.7 Å². The second kappa shape index (κ2) is 13.3. The van der Waals surface area contributed by atoms with Crippen molar-refractivity contribution in [2.45, 2.75) is 134 Å². The molecule has 10 heteroatoms.